The van der Waals surface area contributed by atoms with Crippen LogP contribution < -0.4 is 11.1 Å². The fourth-order valence-electron chi connectivity index (χ4n) is 1.61. The van der Waals surface area contributed by atoms with Crippen molar-refractivity contribution in [3.05, 3.63) is 11.9 Å². The third-order valence-corrected chi connectivity index (χ3v) is 2.15. The zero-order valence-electron chi connectivity index (χ0n) is 10.5. The Morgan fingerprint density at radius 2 is 2.18 bits per heavy atom. The molecule has 0 saturated heterocycles. The van der Waals surface area contributed by atoms with E-state index in [1.54, 1.807) is 20.1 Å². The molecule has 0 amide bonds. The molecule has 1 rings (SSSR count). The van der Waals surface area contributed by atoms with Crippen LogP contribution in [-0.4, -0.2) is 34.3 Å². The van der Waals surface area contributed by atoms with Crippen molar-refractivity contribution >= 4 is 11.6 Å². The van der Waals surface area contributed by atoms with E-state index in [-0.39, 0.29) is 12.1 Å². The number of nitrogen functional groups attached to an aromatic ring is 1. The van der Waals surface area contributed by atoms with Gasteiger partial charge in [0.1, 0.15) is 18.2 Å². The summed E-state index contributed by atoms with van der Waals surface area (Å²) in [4.78, 5) is 8.31. The van der Waals surface area contributed by atoms with Gasteiger partial charge in [-0.05, 0) is 20.3 Å². The first-order valence-electron chi connectivity index (χ1n) is 5.58. The minimum Gasteiger partial charge on any atom is -0.393 e. The number of nitrogens with one attached hydrogen (secondary N) is 1. The average Bonchev–Trinajstić information content (AvgIpc) is 2.14. The van der Waals surface area contributed by atoms with Crippen molar-refractivity contribution in [3.63, 3.8) is 0 Å². The number of nitrogens with two attached hydrogens (primary N) is 1. The third kappa shape index (κ3) is 4.97. The van der Waals surface area contributed by atoms with Gasteiger partial charge in [-0.3, -0.25) is 0 Å². The fourth-order valence-corrected chi connectivity index (χ4v) is 1.61. The van der Waals surface area contributed by atoms with Crippen molar-refractivity contribution in [1.82, 2.24) is 9.97 Å². The standard InChI is InChI=1S/C11H20N4O2/c1-7(4-8(2)16)13-10-5-9(12)14-11(15-10)6-17-3/h5,7-8,16H,4,6H2,1-3H3,(H3,12,13,14,15). The van der Waals surface area contributed by atoms with E-state index in [9.17, 15) is 5.11 Å². The van der Waals surface area contributed by atoms with Gasteiger partial charge in [0.25, 0.3) is 0 Å². The van der Waals surface area contributed by atoms with Crippen molar-refractivity contribution < 1.29 is 9.84 Å². The van der Waals surface area contributed by atoms with Gasteiger partial charge in [0.2, 0.25) is 0 Å². The van der Waals surface area contributed by atoms with Crippen LogP contribution in [0, 0.1) is 0 Å². The molecular weight excluding hydrogens is 220 g/mol. The van der Waals surface area contributed by atoms with E-state index < -0.39 is 0 Å². The van der Waals surface area contributed by atoms with Crippen LogP contribution in [0.25, 0.3) is 0 Å². The van der Waals surface area contributed by atoms with E-state index >= 15 is 0 Å². The van der Waals surface area contributed by atoms with Gasteiger partial charge in [-0.1, -0.05) is 0 Å². The van der Waals surface area contributed by atoms with E-state index in [2.05, 4.69) is 15.3 Å². The minimum atomic E-state index is -0.352. The highest BCUT2D eigenvalue weighted by Crippen LogP contribution is 2.12. The molecule has 17 heavy (non-hydrogen) atoms. The summed E-state index contributed by atoms with van der Waals surface area (Å²) in [5.41, 5.74) is 5.67. The highest BCUT2D eigenvalue weighted by Gasteiger charge is 2.08. The molecule has 0 spiro atoms. The lowest BCUT2D eigenvalue weighted by Gasteiger charge is -2.16. The Kier molecular flexibility index (Phi) is 5.11. The zero-order chi connectivity index (χ0) is 12.8. The first-order valence-corrected chi connectivity index (χ1v) is 5.58. The molecule has 0 aliphatic rings. The number of aromatic nitrogens is 2. The van der Waals surface area contributed by atoms with E-state index in [1.165, 1.54) is 0 Å². The molecule has 0 aliphatic carbocycles. The molecule has 0 aromatic carbocycles. The van der Waals surface area contributed by atoms with E-state index in [4.69, 9.17) is 10.5 Å². The first kappa shape index (κ1) is 13.7. The second-order valence-corrected chi connectivity index (χ2v) is 4.16. The predicted octanol–water partition coefficient (Wildman–Crippen LogP) is 0.776. The number of ether oxygens (including phenoxy) is 1. The Hall–Kier alpha value is -1.40. The summed E-state index contributed by atoms with van der Waals surface area (Å²) in [5, 5.41) is 12.4. The lowest BCUT2D eigenvalue weighted by atomic mass is 10.1. The highest BCUT2D eigenvalue weighted by molar-refractivity contribution is 5.45. The van der Waals surface area contributed by atoms with Gasteiger partial charge < -0.3 is 20.9 Å². The molecule has 0 bridgehead atoms. The van der Waals surface area contributed by atoms with Crippen LogP contribution in [0.1, 0.15) is 26.1 Å². The molecular formula is C11H20N4O2. The normalized spacial score (nSPS) is 14.4. The summed E-state index contributed by atoms with van der Waals surface area (Å²) in [6, 6.07) is 1.78. The molecule has 2 unspecified atom stereocenters. The van der Waals surface area contributed by atoms with Crippen LogP contribution in [0.3, 0.4) is 0 Å². The summed E-state index contributed by atoms with van der Waals surface area (Å²) < 4.78 is 4.96. The van der Waals surface area contributed by atoms with Crippen molar-refractivity contribution in [2.75, 3.05) is 18.2 Å². The molecule has 0 radical (unpaired) electrons. The first-order chi connectivity index (χ1) is 8.01. The molecule has 6 heteroatoms. The lowest BCUT2D eigenvalue weighted by Crippen LogP contribution is -2.21. The minimum absolute atomic E-state index is 0.111. The number of aliphatic hydroxyl groups is 1. The molecule has 4 N–H and O–H groups in total. The second-order valence-electron chi connectivity index (χ2n) is 4.16. The maximum atomic E-state index is 9.28. The number of methoxy groups -OCH3 is 1. The Balaban J connectivity index is 2.69. The van der Waals surface area contributed by atoms with Gasteiger partial charge in [-0.15, -0.1) is 0 Å². The number of aliphatic hydroxyl groups excluding tert-OH is 1. The Morgan fingerprint density at radius 1 is 1.47 bits per heavy atom. The van der Waals surface area contributed by atoms with Crippen LogP contribution in [0.4, 0.5) is 11.6 Å². The number of hydrogen-bond acceptors (Lipinski definition) is 6. The van der Waals surface area contributed by atoms with Crippen LogP contribution in [0.2, 0.25) is 0 Å². The third-order valence-electron chi connectivity index (χ3n) is 2.15. The van der Waals surface area contributed by atoms with Crippen molar-refractivity contribution in [1.29, 1.82) is 0 Å². The number of rotatable bonds is 6. The van der Waals surface area contributed by atoms with Crippen LogP contribution in [-0.2, 0) is 11.3 Å². The average molecular weight is 240 g/mol. The molecule has 1 heterocycles. The number of anilines is 2. The zero-order valence-corrected chi connectivity index (χ0v) is 10.5. The Bertz CT molecular complexity index is 357. The van der Waals surface area contributed by atoms with Crippen LogP contribution in [0.15, 0.2) is 6.07 Å². The Morgan fingerprint density at radius 3 is 2.76 bits per heavy atom. The maximum absolute atomic E-state index is 9.28. The summed E-state index contributed by atoms with van der Waals surface area (Å²) >= 11 is 0. The van der Waals surface area contributed by atoms with E-state index in [0.29, 0.717) is 30.5 Å². The van der Waals surface area contributed by atoms with Crippen molar-refractivity contribution in [2.45, 2.75) is 39.0 Å². The van der Waals surface area contributed by atoms with E-state index in [1.807, 2.05) is 6.92 Å². The molecule has 0 fully saturated rings. The predicted molar refractivity (Wildman–Crippen MR) is 66.5 cm³/mol. The summed E-state index contributed by atoms with van der Waals surface area (Å²) in [7, 11) is 1.58. The van der Waals surface area contributed by atoms with E-state index in [0.717, 1.165) is 0 Å². The quantitative estimate of drug-likeness (QED) is 0.680. The Labute approximate surface area is 101 Å². The van der Waals surface area contributed by atoms with Gasteiger partial charge in [0.05, 0.1) is 6.10 Å². The SMILES string of the molecule is COCc1nc(N)cc(NC(C)CC(C)O)n1. The molecule has 1 aromatic heterocycles. The smallest absolute Gasteiger partial charge is 0.158 e. The fraction of sp³-hybridized carbons (Fsp3) is 0.636. The number of hydrogen-bond donors (Lipinski definition) is 3. The van der Waals surface area contributed by atoms with Gasteiger partial charge in [0, 0.05) is 19.2 Å². The molecule has 6 nitrogen and oxygen atoms in total. The molecule has 0 saturated carbocycles. The van der Waals surface area contributed by atoms with Gasteiger partial charge in [0.15, 0.2) is 5.82 Å². The molecule has 0 aliphatic heterocycles. The van der Waals surface area contributed by atoms with Gasteiger partial charge in [-0.25, -0.2) is 9.97 Å². The van der Waals surface area contributed by atoms with Crippen LogP contribution >= 0.6 is 0 Å². The summed E-state index contributed by atoms with van der Waals surface area (Å²) in [6.45, 7) is 4.05. The molecule has 96 valence electrons. The summed E-state index contributed by atoms with van der Waals surface area (Å²) in [6.07, 6.45) is 0.291. The van der Waals surface area contributed by atoms with Crippen molar-refractivity contribution in [3.8, 4) is 0 Å². The monoisotopic (exact) mass is 240 g/mol. The maximum Gasteiger partial charge on any atom is 0.158 e. The largest absolute Gasteiger partial charge is 0.393 e. The topological polar surface area (TPSA) is 93.3 Å². The van der Waals surface area contributed by atoms with Crippen LogP contribution in [0.5, 0.6) is 0 Å². The van der Waals surface area contributed by atoms with Gasteiger partial charge in [-0.2, -0.15) is 0 Å². The second kappa shape index (κ2) is 6.36. The molecule has 2 atom stereocenters. The highest BCUT2D eigenvalue weighted by atomic mass is 16.5. The molecule has 1 aromatic rings. The lowest BCUT2D eigenvalue weighted by molar-refractivity contribution is 0.177. The summed E-state index contributed by atoms with van der Waals surface area (Å²) in [5.74, 6) is 1.59. The van der Waals surface area contributed by atoms with Gasteiger partial charge >= 0.3 is 0 Å². The number of nitrogens with zero attached hydrogens (tertiary/aromatic N) is 2. The van der Waals surface area contributed by atoms with Crippen molar-refractivity contribution in [2.24, 2.45) is 0 Å².